The lowest BCUT2D eigenvalue weighted by Crippen LogP contribution is -2.37. The Morgan fingerprint density at radius 1 is 1.29 bits per heavy atom. The summed E-state index contributed by atoms with van der Waals surface area (Å²) in [6.45, 7) is 2.72. The van der Waals surface area contributed by atoms with Crippen molar-refractivity contribution in [2.24, 2.45) is 0 Å². The summed E-state index contributed by atoms with van der Waals surface area (Å²) in [5.41, 5.74) is -0.759. The number of hydrogen-bond acceptors (Lipinski definition) is 6. The highest BCUT2D eigenvalue weighted by atomic mass is 16.5. The number of methoxy groups -OCH3 is 1. The SMILES string of the molecule is CCOC(=O)C1(c2nc(CCOC)no2)CCCCCC1. The molecule has 1 aromatic heterocycles. The number of aromatic nitrogens is 2. The normalized spacial score (nSPS) is 18.2. The lowest BCUT2D eigenvalue weighted by atomic mass is 9.80. The monoisotopic (exact) mass is 296 g/mol. The molecule has 6 heteroatoms. The smallest absolute Gasteiger partial charge is 0.321 e. The molecule has 1 aliphatic carbocycles. The maximum atomic E-state index is 12.5. The van der Waals surface area contributed by atoms with Crippen molar-refractivity contribution < 1.29 is 18.8 Å². The molecule has 6 nitrogen and oxygen atoms in total. The molecule has 0 unspecified atom stereocenters. The van der Waals surface area contributed by atoms with Gasteiger partial charge in [0.05, 0.1) is 13.2 Å². The molecule has 1 aliphatic rings. The van der Waals surface area contributed by atoms with Gasteiger partial charge in [-0.1, -0.05) is 30.8 Å². The second-order valence-electron chi connectivity index (χ2n) is 5.48. The van der Waals surface area contributed by atoms with E-state index >= 15 is 0 Å². The predicted molar refractivity (Wildman–Crippen MR) is 75.9 cm³/mol. The van der Waals surface area contributed by atoms with Crippen LogP contribution in [0.15, 0.2) is 4.52 Å². The molecule has 0 atom stereocenters. The number of ether oxygens (including phenoxy) is 2. The lowest BCUT2D eigenvalue weighted by molar-refractivity contribution is -0.152. The molecule has 2 rings (SSSR count). The Bertz CT molecular complexity index is 450. The Balaban J connectivity index is 2.25. The van der Waals surface area contributed by atoms with Crippen LogP contribution in [0.2, 0.25) is 0 Å². The number of nitrogens with zero attached hydrogens (tertiary/aromatic N) is 2. The molecular formula is C15H24N2O4. The van der Waals surface area contributed by atoms with Crippen molar-refractivity contribution in [3.8, 4) is 0 Å². The van der Waals surface area contributed by atoms with E-state index in [0.717, 1.165) is 38.5 Å². The minimum absolute atomic E-state index is 0.228. The number of carbonyl (C=O) groups excluding carboxylic acids is 1. The maximum absolute atomic E-state index is 12.5. The molecule has 1 fully saturated rings. The van der Waals surface area contributed by atoms with Gasteiger partial charge in [-0.15, -0.1) is 0 Å². The molecule has 21 heavy (non-hydrogen) atoms. The Labute approximate surface area is 125 Å². The fourth-order valence-electron chi connectivity index (χ4n) is 2.85. The second-order valence-corrected chi connectivity index (χ2v) is 5.48. The summed E-state index contributed by atoms with van der Waals surface area (Å²) in [7, 11) is 1.63. The molecule has 0 aromatic carbocycles. The zero-order chi connectivity index (χ0) is 15.1. The molecule has 1 aromatic rings. The molecule has 0 radical (unpaired) electrons. The molecule has 1 heterocycles. The van der Waals surface area contributed by atoms with Gasteiger partial charge >= 0.3 is 5.97 Å². The molecule has 0 N–H and O–H groups in total. The van der Waals surface area contributed by atoms with E-state index in [0.29, 0.717) is 31.3 Å². The summed E-state index contributed by atoms with van der Waals surface area (Å²) >= 11 is 0. The van der Waals surface area contributed by atoms with Crippen molar-refractivity contribution >= 4 is 5.97 Å². The van der Waals surface area contributed by atoms with Crippen LogP contribution in [0.25, 0.3) is 0 Å². The summed E-state index contributed by atoms with van der Waals surface area (Å²) in [6.07, 6.45) is 6.25. The molecule has 0 spiro atoms. The van der Waals surface area contributed by atoms with E-state index in [4.69, 9.17) is 14.0 Å². The van der Waals surface area contributed by atoms with E-state index in [9.17, 15) is 4.79 Å². The van der Waals surface area contributed by atoms with Crippen LogP contribution < -0.4 is 0 Å². The summed E-state index contributed by atoms with van der Waals surface area (Å²) in [4.78, 5) is 17.0. The van der Waals surface area contributed by atoms with E-state index in [1.807, 2.05) is 6.92 Å². The standard InChI is InChI=1S/C15H24N2O4/c1-3-20-14(18)15(9-6-4-5-7-10-15)13-16-12(17-21-13)8-11-19-2/h3-11H2,1-2H3. The van der Waals surface area contributed by atoms with E-state index in [1.165, 1.54) is 0 Å². The van der Waals surface area contributed by atoms with Gasteiger partial charge in [0.15, 0.2) is 5.82 Å². The van der Waals surface area contributed by atoms with E-state index < -0.39 is 5.41 Å². The molecule has 0 aliphatic heterocycles. The third-order valence-electron chi connectivity index (χ3n) is 4.03. The van der Waals surface area contributed by atoms with Gasteiger partial charge in [-0.2, -0.15) is 4.98 Å². The van der Waals surface area contributed by atoms with Gasteiger partial charge in [0.1, 0.15) is 5.41 Å². The molecule has 0 saturated heterocycles. The zero-order valence-corrected chi connectivity index (χ0v) is 12.9. The predicted octanol–water partition coefficient (Wildman–Crippen LogP) is 2.41. The molecule has 118 valence electrons. The Hall–Kier alpha value is -1.43. The van der Waals surface area contributed by atoms with Crippen LogP contribution in [0, 0.1) is 0 Å². The van der Waals surface area contributed by atoms with Gasteiger partial charge in [-0.05, 0) is 19.8 Å². The molecule has 0 amide bonds. The van der Waals surface area contributed by atoms with Gasteiger partial charge < -0.3 is 14.0 Å². The highest BCUT2D eigenvalue weighted by molar-refractivity contribution is 5.81. The average Bonchev–Trinajstić information content (AvgIpc) is 2.82. The Kier molecular flexibility index (Phi) is 5.73. The molecule has 0 bridgehead atoms. The second kappa shape index (κ2) is 7.54. The number of carbonyl (C=O) groups is 1. The van der Waals surface area contributed by atoms with Crippen molar-refractivity contribution in [1.82, 2.24) is 10.1 Å². The highest BCUT2D eigenvalue weighted by Crippen LogP contribution is 2.38. The maximum Gasteiger partial charge on any atom is 0.321 e. The minimum Gasteiger partial charge on any atom is -0.465 e. The highest BCUT2D eigenvalue weighted by Gasteiger charge is 2.46. The third-order valence-corrected chi connectivity index (χ3v) is 4.03. The Morgan fingerprint density at radius 3 is 2.62 bits per heavy atom. The molecule has 1 saturated carbocycles. The number of rotatable bonds is 6. The minimum atomic E-state index is -0.759. The Morgan fingerprint density at radius 2 is 2.00 bits per heavy atom. The summed E-state index contributed by atoms with van der Waals surface area (Å²) in [6, 6.07) is 0. The third kappa shape index (κ3) is 3.61. The van der Waals surface area contributed by atoms with Gasteiger partial charge in [0.2, 0.25) is 5.89 Å². The van der Waals surface area contributed by atoms with Crippen molar-refractivity contribution in [2.75, 3.05) is 20.3 Å². The van der Waals surface area contributed by atoms with E-state index in [-0.39, 0.29) is 5.97 Å². The van der Waals surface area contributed by atoms with Crippen molar-refractivity contribution in [2.45, 2.75) is 57.3 Å². The van der Waals surface area contributed by atoms with Gasteiger partial charge in [-0.25, -0.2) is 0 Å². The summed E-state index contributed by atoms with van der Waals surface area (Å²) in [5, 5.41) is 3.97. The van der Waals surface area contributed by atoms with Crippen LogP contribution in [0.1, 0.15) is 57.2 Å². The quantitative estimate of drug-likeness (QED) is 0.593. The van der Waals surface area contributed by atoms with Crippen LogP contribution in [-0.4, -0.2) is 36.4 Å². The largest absolute Gasteiger partial charge is 0.465 e. The van der Waals surface area contributed by atoms with Crippen molar-refractivity contribution in [3.05, 3.63) is 11.7 Å². The van der Waals surface area contributed by atoms with Gasteiger partial charge in [0.25, 0.3) is 0 Å². The fraction of sp³-hybridized carbons (Fsp3) is 0.800. The number of esters is 1. The first kappa shape index (κ1) is 15.9. The zero-order valence-electron chi connectivity index (χ0n) is 12.9. The fourth-order valence-corrected chi connectivity index (χ4v) is 2.85. The van der Waals surface area contributed by atoms with Crippen LogP contribution in [-0.2, 0) is 26.1 Å². The van der Waals surface area contributed by atoms with Crippen molar-refractivity contribution in [1.29, 1.82) is 0 Å². The lowest BCUT2D eigenvalue weighted by Gasteiger charge is -2.25. The van der Waals surface area contributed by atoms with Crippen LogP contribution >= 0.6 is 0 Å². The summed E-state index contributed by atoms with van der Waals surface area (Å²) in [5.74, 6) is 0.766. The van der Waals surface area contributed by atoms with Gasteiger partial charge in [0, 0.05) is 13.5 Å². The van der Waals surface area contributed by atoms with Crippen LogP contribution in [0.4, 0.5) is 0 Å². The van der Waals surface area contributed by atoms with Crippen LogP contribution in [0.3, 0.4) is 0 Å². The van der Waals surface area contributed by atoms with Crippen LogP contribution in [0.5, 0.6) is 0 Å². The topological polar surface area (TPSA) is 74.5 Å². The van der Waals surface area contributed by atoms with Crippen molar-refractivity contribution in [3.63, 3.8) is 0 Å². The average molecular weight is 296 g/mol. The van der Waals surface area contributed by atoms with E-state index in [2.05, 4.69) is 10.1 Å². The molecular weight excluding hydrogens is 272 g/mol. The first-order valence-corrected chi connectivity index (χ1v) is 7.72. The first-order valence-electron chi connectivity index (χ1n) is 7.72. The first-order chi connectivity index (χ1) is 10.2. The summed E-state index contributed by atoms with van der Waals surface area (Å²) < 4.78 is 15.7. The number of hydrogen-bond donors (Lipinski definition) is 0. The van der Waals surface area contributed by atoms with Gasteiger partial charge in [-0.3, -0.25) is 4.79 Å². The van der Waals surface area contributed by atoms with E-state index in [1.54, 1.807) is 7.11 Å².